The number of ketones is 1. The molecule has 0 aromatic heterocycles. The van der Waals surface area contributed by atoms with Crippen LogP contribution in [0.3, 0.4) is 0 Å². The third-order valence-electron chi connectivity index (χ3n) is 3.91. The highest BCUT2D eigenvalue weighted by Crippen LogP contribution is 2.29. The minimum absolute atomic E-state index is 0.155. The van der Waals surface area contributed by atoms with E-state index in [0.29, 0.717) is 17.1 Å². The van der Waals surface area contributed by atoms with Gasteiger partial charge in [0, 0.05) is 0 Å². The van der Waals surface area contributed by atoms with Gasteiger partial charge in [0.05, 0.1) is 14.2 Å². The Hall–Kier alpha value is -3.07. The molecular formula is C21H18O3. The molecule has 3 heteroatoms. The van der Waals surface area contributed by atoms with Crippen molar-refractivity contribution in [1.82, 2.24) is 0 Å². The van der Waals surface area contributed by atoms with Gasteiger partial charge in [0.25, 0.3) is 0 Å². The Kier molecular flexibility index (Phi) is 4.62. The fraction of sp³-hybridized carbons (Fsp3) is 0.0952. The Morgan fingerprint density at radius 2 is 1.46 bits per heavy atom. The molecule has 3 aromatic rings. The molecule has 0 aliphatic rings. The number of allylic oxidation sites excluding steroid dienone is 1. The lowest BCUT2D eigenvalue weighted by molar-refractivity contribution is 0.104. The van der Waals surface area contributed by atoms with E-state index in [2.05, 4.69) is 12.1 Å². The summed E-state index contributed by atoms with van der Waals surface area (Å²) in [7, 11) is 3.08. The van der Waals surface area contributed by atoms with Crippen LogP contribution in [-0.4, -0.2) is 20.0 Å². The van der Waals surface area contributed by atoms with Gasteiger partial charge in [-0.05, 0) is 34.5 Å². The molecule has 0 spiro atoms. The van der Waals surface area contributed by atoms with E-state index in [1.54, 1.807) is 38.5 Å². The second kappa shape index (κ2) is 7.01. The van der Waals surface area contributed by atoms with E-state index in [-0.39, 0.29) is 5.78 Å². The lowest BCUT2D eigenvalue weighted by atomic mass is 10.0. The average Bonchev–Trinajstić information content (AvgIpc) is 2.65. The predicted octanol–water partition coefficient (Wildman–Crippen LogP) is 4.75. The topological polar surface area (TPSA) is 35.5 Å². The van der Waals surface area contributed by atoms with E-state index in [1.807, 2.05) is 36.4 Å². The molecule has 0 amide bonds. The van der Waals surface area contributed by atoms with Crippen molar-refractivity contribution < 1.29 is 14.3 Å². The van der Waals surface area contributed by atoms with Gasteiger partial charge in [0.1, 0.15) is 17.1 Å². The normalized spacial score (nSPS) is 10.9. The number of hydrogen-bond donors (Lipinski definition) is 0. The van der Waals surface area contributed by atoms with Crippen LogP contribution in [0.5, 0.6) is 11.5 Å². The number of fused-ring (bicyclic) bond motifs is 1. The monoisotopic (exact) mass is 318 g/mol. The molecule has 0 unspecified atom stereocenters. The molecule has 0 aliphatic carbocycles. The Morgan fingerprint density at radius 3 is 2.17 bits per heavy atom. The highest BCUT2D eigenvalue weighted by Gasteiger charge is 2.15. The Balaban J connectivity index is 1.99. The van der Waals surface area contributed by atoms with Gasteiger partial charge < -0.3 is 9.47 Å². The Morgan fingerprint density at radius 1 is 0.833 bits per heavy atom. The first-order valence-corrected chi connectivity index (χ1v) is 7.65. The third-order valence-corrected chi connectivity index (χ3v) is 3.91. The summed E-state index contributed by atoms with van der Waals surface area (Å²) in [4.78, 5) is 12.7. The first-order valence-electron chi connectivity index (χ1n) is 7.65. The van der Waals surface area contributed by atoms with Crippen LogP contribution in [0.25, 0.3) is 16.8 Å². The average molecular weight is 318 g/mol. The van der Waals surface area contributed by atoms with Crippen molar-refractivity contribution in [3.8, 4) is 11.5 Å². The van der Waals surface area contributed by atoms with Crippen molar-refractivity contribution >= 4 is 22.6 Å². The zero-order valence-corrected chi connectivity index (χ0v) is 13.7. The highest BCUT2D eigenvalue weighted by molar-refractivity contribution is 6.11. The summed E-state index contributed by atoms with van der Waals surface area (Å²) in [5.41, 5.74) is 1.43. The van der Waals surface area contributed by atoms with E-state index >= 15 is 0 Å². The fourth-order valence-electron chi connectivity index (χ4n) is 2.74. The first-order chi connectivity index (χ1) is 11.7. The maximum absolute atomic E-state index is 12.7. The summed E-state index contributed by atoms with van der Waals surface area (Å²) in [6.45, 7) is 0. The number of rotatable bonds is 5. The number of carbonyl (C=O) groups excluding carboxylic acids is 1. The van der Waals surface area contributed by atoms with Crippen LogP contribution in [-0.2, 0) is 0 Å². The summed E-state index contributed by atoms with van der Waals surface area (Å²) >= 11 is 0. The minimum Gasteiger partial charge on any atom is -0.496 e. The number of hydrogen-bond acceptors (Lipinski definition) is 3. The Labute approximate surface area is 141 Å². The predicted molar refractivity (Wildman–Crippen MR) is 96.9 cm³/mol. The van der Waals surface area contributed by atoms with Gasteiger partial charge >= 0.3 is 0 Å². The molecule has 24 heavy (non-hydrogen) atoms. The van der Waals surface area contributed by atoms with E-state index in [4.69, 9.17) is 9.47 Å². The van der Waals surface area contributed by atoms with Crippen molar-refractivity contribution in [1.29, 1.82) is 0 Å². The lowest BCUT2D eigenvalue weighted by Crippen LogP contribution is -2.02. The van der Waals surface area contributed by atoms with Gasteiger partial charge in [-0.15, -0.1) is 0 Å². The second-order valence-electron chi connectivity index (χ2n) is 5.30. The Bertz CT molecular complexity index is 882. The smallest absolute Gasteiger partial charge is 0.193 e. The van der Waals surface area contributed by atoms with Crippen LogP contribution in [0, 0.1) is 0 Å². The number of benzene rings is 3. The van der Waals surface area contributed by atoms with Crippen molar-refractivity contribution in [2.24, 2.45) is 0 Å². The molecule has 0 atom stereocenters. The SMILES string of the molecule is COc1cccc(OC)c1C(=O)/C=C/c1cccc2ccccc12. The largest absolute Gasteiger partial charge is 0.496 e. The van der Waals surface area contributed by atoms with Crippen LogP contribution < -0.4 is 9.47 Å². The van der Waals surface area contributed by atoms with Crippen LogP contribution in [0.15, 0.2) is 66.7 Å². The maximum Gasteiger partial charge on any atom is 0.193 e. The quantitative estimate of drug-likeness (QED) is 0.503. The summed E-state index contributed by atoms with van der Waals surface area (Å²) in [6, 6.07) is 19.4. The molecule has 0 saturated carbocycles. The highest BCUT2D eigenvalue weighted by atomic mass is 16.5. The number of methoxy groups -OCH3 is 2. The van der Waals surface area contributed by atoms with Crippen LogP contribution in [0.4, 0.5) is 0 Å². The second-order valence-corrected chi connectivity index (χ2v) is 5.30. The molecule has 0 aliphatic heterocycles. The van der Waals surface area contributed by atoms with Gasteiger partial charge in [0.2, 0.25) is 0 Å². The van der Waals surface area contributed by atoms with Crippen LogP contribution in [0.2, 0.25) is 0 Å². The van der Waals surface area contributed by atoms with Crippen LogP contribution in [0.1, 0.15) is 15.9 Å². The molecule has 0 radical (unpaired) electrons. The molecule has 3 aromatic carbocycles. The molecule has 120 valence electrons. The summed E-state index contributed by atoms with van der Waals surface area (Å²) < 4.78 is 10.6. The molecule has 3 nitrogen and oxygen atoms in total. The number of ether oxygens (including phenoxy) is 2. The van der Waals surface area contributed by atoms with Gasteiger partial charge in [-0.2, -0.15) is 0 Å². The zero-order chi connectivity index (χ0) is 16.9. The van der Waals surface area contributed by atoms with Gasteiger partial charge in [0.15, 0.2) is 5.78 Å². The van der Waals surface area contributed by atoms with E-state index in [0.717, 1.165) is 16.3 Å². The zero-order valence-electron chi connectivity index (χ0n) is 13.7. The first kappa shape index (κ1) is 15.8. The lowest BCUT2D eigenvalue weighted by Gasteiger charge is -2.10. The van der Waals surface area contributed by atoms with Gasteiger partial charge in [-0.3, -0.25) is 4.79 Å². The fourth-order valence-corrected chi connectivity index (χ4v) is 2.74. The molecule has 0 saturated heterocycles. The van der Waals surface area contributed by atoms with Crippen molar-refractivity contribution in [2.45, 2.75) is 0 Å². The van der Waals surface area contributed by atoms with Crippen molar-refractivity contribution in [3.05, 3.63) is 77.9 Å². The number of carbonyl (C=O) groups is 1. The van der Waals surface area contributed by atoms with E-state index in [1.165, 1.54) is 0 Å². The molecular weight excluding hydrogens is 300 g/mol. The molecule has 3 rings (SSSR count). The van der Waals surface area contributed by atoms with Crippen molar-refractivity contribution in [2.75, 3.05) is 14.2 Å². The standard InChI is InChI=1S/C21H18O3/c1-23-19-11-6-12-20(24-2)21(19)18(22)14-13-16-9-5-8-15-7-3-4-10-17(15)16/h3-14H,1-2H3/b14-13+. The summed E-state index contributed by atoms with van der Waals surface area (Å²) in [5, 5.41) is 2.25. The van der Waals surface area contributed by atoms with Crippen molar-refractivity contribution in [3.63, 3.8) is 0 Å². The van der Waals surface area contributed by atoms with Gasteiger partial charge in [-0.25, -0.2) is 0 Å². The van der Waals surface area contributed by atoms with E-state index < -0.39 is 0 Å². The third kappa shape index (κ3) is 3.01. The minimum atomic E-state index is -0.155. The molecule has 0 bridgehead atoms. The van der Waals surface area contributed by atoms with Crippen LogP contribution >= 0.6 is 0 Å². The molecule has 0 fully saturated rings. The summed E-state index contributed by atoms with van der Waals surface area (Å²) in [6.07, 6.45) is 3.39. The molecule has 0 heterocycles. The van der Waals surface area contributed by atoms with E-state index in [9.17, 15) is 4.79 Å². The van der Waals surface area contributed by atoms with Gasteiger partial charge in [-0.1, -0.05) is 54.6 Å². The molecule has 0 N–H and O–H groups in total. The maximum atomic E-state index is 12.7. The summed E-state index contributed by atoms with van der Waals surface area (Å²) in [5.74, 6) is 0.848.